The summed E-state index contributed by atoms with van der Waals surface area (Å²) in [5.74, 6) is 3.63. The van der Waals surface area contributed by atoms with Crippen molar-refractivity contribution >= 4 is 15.9 Å². The topological polar surface area (TPSA) is 0 Å². The molecule has 0 amide bonds. The first kappa shape index (κ1) is 8.14. The van der Waals surface area contributed by atoms with Gasteiger partial charge in [-0.2, -0.15) is 0 Å². The maximum absolute atomic E-state index is 5.14. The average Bonchev–Trinajstić information content (AvgIpc) is 2.69. The highest BCUT2D eigenvalue weighted by molar-refractivity contribution is 9.09. The predicted molar refractivity (Wildman–Crippen MR) is 48.1 cm³/mol. The Balaban J connectivity index is 1.96. The van der Waals surface area contributed by atoms with Crippen molar-refractivity contribution in [2.24, 2.45) is 5.92 Å². The predicted octanol–water partition coefficient (Wildman–Crippen LogP) is 2.96. The fourth-order valence-corrected chi connectivity index (χ4v) is 1.95. The molecule has 1 atom stereocenters. The van der Waals surface area contributed by atoms with Crippen molar-refractivity contribution in [2.45, 2.75) is 36.9 Å². The number of alkyl halides is 1. The van der Waals surface area contributed by atoms with E-state index in [2.05, 4.69) is 21.9 Å². The van der Waals surface area contributed by atoms with Crippen LogP contribution in [0.25, 0.3) is 0 Å². The van der Waals surface area contributed by atoms with Crippen LogP contribution in [-0.4, -0.2) is 4.83 Å². The third kappa shape index (κ3) is 2.75. The fraction of sp³-hybridized carbons (Fsp3) is 0.778. The van der Waals surface area contributed by atoms with Crippen molar-refractivity contribution in [1.29, 1.82) is 0 Å². The van der Waals surface area contributed by atoms with Crippen LogP contribution in [0.15, 0.2) is 0 Å². The molecule has 0 bridgehead atoms. The number of hydrogen-bond donors (Lipinski definition) is 0. The Bertz CT molecular complexity index is 130. The lowest BCUT2D eigenvalue weighted by Gasteiger charge is -2.04. The second-order valence-corrected chi connectivity index (χ2v) is 4.13. The zero-order chi connectivity index (χ0) is 7.40. The lowest BCUT2D eigenvalue weighted by molar-refractivity contribution is 0.665. The molecule has 1 aliphatic rings. The summed E-state index contributed by atoms with van der Waals surface area (Å²) in [6, 6.07) is 0. The number of unbranched alkanes of at least 4 members (excludes halogenated alkanes) is 1. The molecule has 0 aromatic rings. The Morgan fingerprint density at radius 1 is 1.60 bits per heavy atom. The first-order valence-electron chi connectivity index (χ1n) is 3.92. The van der Waals surface area contributed by atoms with Crippen molar-refractivity contribution in [2.75, 3.05) is 0 Å². The van der Waals surface area contributed by atoms with E-state index >= 15 is 0 Å². The van der Waals surface area contributed by atoms with Gasteiger partial charge in [-0.3, -0.25) is 0 Å². The van der Waals surface area contributed by atoms with Gasteiger partial charge in [0.2, 0.25) is 0 Å². The Morgan fingerprint density at radius 2 is 2.30 bits per heavy atom. The monoisotopic (exact) mass is 200 g/mol. The van der Waals surface area contributed by atoms with Gasteiger partial charge in [0.15, 0.2) is 0 Å². The minimum Gasteiger partial charge on any atom is -0.120 e. The van der Waals surface area contributed by atoms with Crippen LogP contribution < -0.4 is 0 Å². The number of hydrogen-bond acceptors (Lipinski definition) is 0. The van der Waals surface area contributed by atoms with Gasteiger partial charge in [-0.05, 0) is 31.6 Å². The largest absolute Gasteiger partial charge is 0.120 e. The van der Waals surface area contributed by atoms with E-state index in [0.29, 0.717) is 0 Å². The van der Waals surface area contributed by atoms with Crippen molar-refractivity contribution in [3.05, 3.63) is 0 Å². The first-order chi connectivity index (χ1) is 4.84. The second-order valence-electron chi connectivity index (χ2n) is 2.95. The summed E-state index contributed by atoms with van der Waals surface area (Å²) in [5.41, 5.74) is 0. The van der Waals surface area contributed by atoms with Gasteiger partial charge in [0.05, 0.1) is 0 Å². The van der Waals surface area contributed by atoms with Gasteiger partial charge in [0.25, 0.3) is 0 Å². The van der Waals surface area contributed by atoms with Gasteiger partial charge < -0.3 is 0 Å². The van der Waals surface area contributed by atoms with Crippen molar-refractivity contribution in [1.82, 2.24) is 0 Å². The highest BCUT2D eigenvalue weighted by Crippen LogP contribution is 2.38. The number of halogens is 1. The molecular formula is C9H13Br. The van der Waals surface area contributed by atoms with Crippen molar-refractivity contribution in [3.8, 4) is 12.3 Å². The van der Waals surface area contributed by atoms with Gasteiger partial charge in [0, 0.05) is 11.2 Å². The van der Waals surface area contributed by atoms with Crippen molar-refractivity contribution < 1.29 is 0 Å². The first-order valence-corrected chi connectivity index (χ1v) is 4.83. The quantitative estimate of drug-likeness (QED) is 0.372. The Labute approximate surface area is 71.5 Å². The lowest BCUT2D eigenvalue weighted by Crippen LogP contribution is -1.98. The minimum absolute atomic E-state index is 0.751. The van der Waals surface area contributed by atoms with Gasteiger partial charge in [-0.25, -0.2) is 0 Å². The molecular weight excluding hydrogens is 188 g/mol. The molecule has 0 aromatic carbocycles. The Hall–Kier alpha value is 0.0400. The van der Waals surface area contributed by atoms with Gasteiger partial charge in [-0.15, -0.1) is 12.3 Å². The van der Waals surface area contributed by atoms with Gasteiger partial charge >= 0.3 is 0 Å². The van der Waals surface area contributed by atoms with Crippen LogP contribution in [0.1, 0.15) is 32.1 Å². The van der Waals surface area contributed by atoms with E-state index in [4.69, 9.17) is 6.42 Å². The summed E-state index contributed by atoms with van der Waals surface area (Å²) in [7, 11) is 0. The summed E-state index contributed by atoms with van der Waals surface area (Å²) in [5, 5.41) is 0. The summed E-state index contributed by atoms with van der Waals surface area (Å²) in [4.78, 5) is 0.751. The van der Waals surface area contributed by atoms with Crippen LogP contribution in [-0.2, 0) is 0 Å². The van der Waals surface area contributed by atoms with Crippen LogP contribution in [0.4, 0.5) is 0 Å². The number of terminal acetylenes is 1. The third-order valence-electron chi connectivity index (χ3n) is 1.93. The minimum atomic E-state index is 0.751. The molecule has 1 saturated carbocycles. The maximum Gasteiger partial charge on any atom is 0.0174 e. The molecule has 1 unspecified atom stereocenters. The van der Waals surface area contributed by atoms with E-state index in [1.54, 1.807) is 0 Å². The van der Waals surface area contributed by atoms with E-state index in [9.17, 15) is 0 Å². The molecule has 0 aliphatic heterocycles. The van der Waals surface area contributed by atoms with Crippen molar-refractivity contribution in [3.63, 3.8) is 0 Å². The van der Waals surface area contributed by atoms with Crippen LogP contribution in [0, 0.1) is 18.3 Å². The summed E-state index contributed by atoms with van der Waals surface area (Å²) in [6.07, 6.45) is 11.4. The molecule has 0 saturated heterocycles. The molecule has 0 spiro atoms. The summed E-state index contributed by atoms with van der Waals surface area (Å²) in [6.45, 7) is 0. The summed E-state index contributed by atoms with van der Waals surface area (Å²) < 4.78 is 0. The molecule has 1 aliphatic carbocycles. The zero-order valence-electron chi connectivity index (χ0n) is 6.15. The van der Waals surface area contributed by atoms with E-state index in [1.165, 1.54) is 25.7 Å². The smallest absolute Gasteiger partial charge is 0.0174 e. The SMILES string of the molecule is C#CCCCC(Br)C1CC1. The van der Waals surface area contributed by atoms with E-state index < -0.39 is 0 Å². The fourth-order valence-electron chi connectivity index (χ4n) is 1.09. The average molecular weight is 201 g/mol. The summed E-state index contributed by atoms with van der Waals surface area (Å²) >= 11 is 3.67. The van der Waals surface area contributed by atoms with Crippen LogP contribution in [0.3, 0.4) is 0 Å². The molecule has 0 nitrogen and oxygen atoms in total. The molecule has 1 heteroatoms. The standard InChI is InChI=1S/C9H13Br/c1-2-3-4-5-9(10)8-6-7-8/h1,8-9H,3-7H2. The second kappa shape index (κ2) is 4.03. The Morgan fingerprint density at radius 3 is 2.80 bits per heavy atom. The molecule has 0 radical (unpaired) electrons. The lowest BCUT2D eigenvalue weighted by atomic mass is 10.1. The van der Waals surface area contributed by atoms with Gasteiger partial charge in [0.1, 0.15) is 0 Å². The molecule has 0 heterocycles. The van der Waals surface area contributed by atoms with Gasteiger partial charge in [-0.1, -0.05) is 15.9 Å². The molecule has 1 fully saturated rings. The van der Waals surface area contributed by atoms with E-state index in [-0.39, 0.29) is 0 Å². The molecule has 0 aromatic heterocycles. The highest BCUT2D eigenvalue weighted by atomic mass is 79.9. The highest BCUT2D eigenvalue weighted by Gasteiger charge is 2.28. The van der Waals surface area contributed by atoms with Crippen LogP contribution in [0.5, 0.6) is 0 Å². The Kier molecular flexibility index (Phi) is 3.28. The molecule has 0 N–H and O–H groups in total. The van der Waals surface area contributed by atoms with Crippen LogP contribution >= 0.6 is 15.9 Å². The van der Waals surface area contributed by atoms with Crippen LogP contribution in [0.2, 0.25) is 0 Å². The molecule has 1 rings (SSSR count). The number of rotatable bonds is 4. The van der Waals surface area contributed by atoms with E-state index in [1.807, 2.05) is 0 Å². The third-order valence-corrected chi connectivity index (χ3v) is 3.14. The maximum atomic E-state index is 5.14. The molecule has 56 valence electrons. The molecule has 10 heavy (non-hydrogen) atoms. The normalized spacial score (nSPS) is 20.0. The van der Waals surface area contributed by atoms with E-state index in [0.717, 1.165) is 17.2 Å². The zero-order valence-corrected chi connectivity index (χ0v) is 7.73.